The van der Waals surface area contributed by atoms with Gasteiger partial charge in [0, 0.05) is 42.7 Å². The van der Waals surface area contributed by atoms with E-state index in [1.54, 1.807) is 24.4 Å². The second kappa shape index (κ2) is 9.23. The van der Waals surface area contributed by atoms with E-state index in [4.69, 9.17) is 9.72 Å². The van der Waals surface area contributed by atoms with E-state index in [2.05, 4.69) is 30.3 Å². The maximum atomic E-state index is 12.3. The predicted octanol–water partition coefficient (Wildman–Crippen LogP) is 4.11. The molecule has 0 radical (unpaired) electrons. The summed E-state index contributed by atoms with van der Waals surface area (Å²) in [6, 6.07) is 6.89. The highest BCUT2D eigenvalue weighted by Gasteiger charge is 2.55. The van der Waals surface area contributed by atoms with E-state index < -0.39 is 6.61 Å². The number of amides is 1. The summed E-state index contributed by atoms with van der Waals surface area (Å²) in [7, 11) is 0. The number of hydrogen-bond acceptors (Lipinski definition) is 8. The maximum absolute atomic E-state index is 12.3. The smallest absolute Gasteiger partial charge is 0.345 e. The van der Waals surface area contributed by atoms with Crippen LogP contribution in [0.15, 0.2) is 36.7 Å². The van der Waals surface area contributed by atoms with Crippen LogP contribution in [-0.4, -0.2) is 45.2 Å². The van der Waals surface area contributed by atoms with Gasteiger partial charge in [-0.05, 0) is 31.4 Å². The van der Waals surface area contributed by atoms with E-state index >= 15 is 0 Å². The Kier molecular flexibility index (Phi) is 6.12. The lowest BCUT2D eigenvalue weighted by Gasteiger charge is -2.33. The lowest BCUT2D eigenvalue weighted by atomic mass is 9.69. The van der Waals surface area contributed by atoms with Crippen LogP contribution in [-0.2, 0) is 26.3 Å². The minimum Gasteiger partial charge on any atom is -0.377 e. The largest absolute Gasteiger partial charge is 0.377 e. The van der Waals surface area contributed by atoms with Crippen molar-refractivity contribution in [3.63, 3.8) is 0 Å². The van der Waals surface area contributed by atoms with Gasteiger partial charge in [-0.3, -0.25) is 9.78 Å². The van der Waals surface area contributed by atoms with Crippen molar-refractivity contribution < 1.29 is 23.0 Å². The summed E-state index contributed by atoms with van der Waals surface area (Å²) in [5.41, 5.74) is 3.02. The van der Waals surface area contributed by atoms with Crippen molar-refractivity contribution in [1.29, 1.82) is 0 Å². The third-order valence-electron chi connectivity index (χ3n) is 6.11. The number of nitrogens with zero attached hydrogens (tertiary/aromatic N) is 4. The number of carbonyl (C=O) groups excluding carboxylic acids is 1. The Balaban J connectivity index is 1.46. The van der Waals surface area contributed by atoms with Gasteiger partial charge in [-0.2, -0.15) is 8.78 Å². The fraction of sp³-hybridized carbons (Fsp3) is 0.375. The average Bonchev–Trinajstić information content (AvgIpc) is 3.40. The summed E-state index contributed by atoms with van der Waals surface area (Å²) < 4.78 is 34.7. The number of ether oxygens (including phenoxy) is 2. The normalized spacial score (nSPS) is 20.5. The minimum atomic E-state index is -2.85. The first-order chi connectivity index (χ1) is 16.8. The molecular formula is C24H24F2N6O3. The van der Waals surface area contributed by atoms with Crippen LogP contribution in [0.5, 0.6) is 0 Å². The zero-order chi connectivity index (χ0) is 24.6. The van der Waals surface area contributed by atoms with Crippen molar-refractivity contribution in [2.45, 2.75) is 51.4 Å². The fourth-order valence-electron chi connectivity index (χ4n) is 4.42. The van der Waals surface area contributed by atoms with Gasteiger partial charge >= 0.3 is 6.61 Å². The SMILES string of the molecule is CC(=O)Nc1cc(Nc2cc(C)nc(C34COC(C3)C4)n2)c(-c2ccc(COC(F)F)cn2)cn1. The van der Waals surface area contributed by atoms with E-state index in [0.717, 1.165) is 24.4 Å². The number of fused-ring (bicyclic) bond motifs is 1. The molecule has 182 valence electrons. The number of halogens is 2. The van der Waals surface area contributed by atoms with Crippen molar-refractivity contribution in [1.82, 2.24) is 19.9 Å². The van der Waals surface area contributed by atoms with Crippen LogP contribution >= 0.6 is 0 Å². The zero-order valence-corrected chi connectivity index (χ0v) is 19.2. The molecular weight excluding hydrogens is 458 g/mol. The molecule has 0 atom stereocenters. The highest BCUT2D eigenvalue weighted by molar-refractivity contribution is 5.89. The predicted molar refractivity (Wildman–Crippen MR) is 123 cm³/mol. The van der Waals surface area contributed by atoms with Gasteiger partial charge in [-0.1, -0.05) is 6.07 Å². The number of pyridine rings is 2. The number of anilines is 3. The van der Waals surface area contributed by atoms with Crippen LogP contribution in [0.1, 0.15) is 36.8 Å². The highest BCUT2D eigenvalue weighted by Crippen LogP contribution is 2.50. The molecule has 1 amide bonds. The Morgan fingerprint density at radius 1 is 1.20 bits per heavy atom. The van der Waals surface area contributed by atoms with Gasteiger partial charge < -0.3 is 20.1 Å². The van der Waals surface area contributed by atoms with Gasteiger partial charge in [-0.15, -0.1) is 0 Å². The number of rotatable bonds is 8. The maximum Gasteiger partial charge on any atom is 0.345 e. The van der Waals surface area contributed by atoms with Gasteiger partial charge in [0.1, 0.15) is 17.5 Å². The Morgan fingerprint density at radius 2 is 2.03 bits per heavy atom. The van der Waals surface area contributed by atoms with Crippen LogP contribution in [0.25, 0.3) is 11.3 Å². The zero-order valence-electron chi connectivity index (χ0n) is 19.2. The molecule has 11 heteroatoms. The molecule has 3 aliphatic rings. The van der Waals surface area contributed by atoms with E-state index in [-0.39, 0.29) is 17.9 Å². The number of alkyl halides is 2. The minimum absolute atomic E-state index is 0.132. The second-order valence-electron chi connectivity index (χ2n) is 8.88. The second-order valence-corrected chi connectivity index (χ2v) is 8.88. The van der Waals surface area contributed by atoms with Gasteiger partial charge in [0.2, 0.25) is 5.91 Å². The molecule has 0 unspecified atom stereocenters. The van der Waals surface area contributed by atoms with Gasteiger partial charge in [0.05, 0.1) is 36.1 Å². The molecule has 35 heavy (non-hydrogen) atoms. The molecule has 0 aromatic carbocycles. The topological polar surface area (TPSA) is 111 Å². The number of hydrogen-bond donors (Lipinski definition) is 2. The summed E-state index contributed by atoms with van der Waals surface area (Å²) in [6.45, 7) is 0.846. The molecule has 2 saturated heterocycles. The molecule has 2 bridgehead atoms. The number of carbonyl (C=O) groups is 1. The van der Waals surface area contributed by atoms with Crippen molar-refractivity contribution in [3.8, 4) is 11.3 Å². The molecule has 0 spiro atoms. The standard InChI is InChI=1S/C24H24F2N6O3/c1-13-5-21(32-22(29-13)24-7-16(8-24)35-12-24)31-19-6-20(30-14(2)33)28-10-17(19)18-4-3-15(9-27-18)11-34-23(25)26/h3-6,9-10,16,23H,7-8,11-12H2,1-2H3,(H2,28,29,30,31,32,33). The van der Waals surface area contributed by atoms with Crippen molar-refractivity contribution in [3.05, 3.63) is 53.7 Å². The molecule has 5 heterocycles. The Morgan fingerprint density at radius 3 is 2.69 bits per heavy atom. The highest BCUT2D eigenvalue weighted by atomic mass is 19.3. The monoisotopic (exact) mass is 482 g/mol. The number of nitrogens with one attached hydrogen (secondary N) is 2. The van der Waals surface area contributed by atoms with Gasteiger partial charge in [-0.25, -0.2) is 15.0 Å². The van der Waals surface area contributed by atoms with Gasteiger partial charge in [0.25, 0.3) is 0 Å². The van der Waals surface area contributed by atoms with Crippen LogP contribution in [0.3, 0.4) is 0 Å². The summed E-state index contributed by atoms with van der Waals surface area (Å²) in [5.74, 6) is 1.47. The molecule has 2 N–H and O–H groups in total. The molecule has 3 aromatic rings. The molecule has 3 fully saturated rings. The first-order valence-corrected chi connectivity index (χ1v) is 11.2. The summed E-state index contributed by atoms with van der Waals surface area (Å²) in [4.78, 5) is 29.7. The van der Waals surface area contributed by atoms with E-state index in [0.29, 0.717) is 46.9 Å². The molecule has 9 nitrogen and oxygen atoms in total. The number of aryl methyl sites for hydroxylation is 1. The van der Waals surface area contributed by atoms with E-state index in [9.17, 15) is 13.6 Å². The van der Waals surface area contributed by atoms with Gasteiger partial charge in [0.15, 0.2) is 0 Å². The molecule has 1 aliphatic carbocycles. The summed E-state index contributed by atoms with van der Waals surface area (Å²) in [5, 5.41) is 6.01. The van der Waals surface area contributed by atoms with Crippen molar-refractivity contribution in [2.75, 3.05) is 17.2 Å². The molecule has 3 aromatic heterocycles. The first-order valence-electron chi connectivity index (χ1n) is 11.2. The third kappa shape index (κ3) is 4.96. The van der Waals surface area contributed by atoms with E-state index in [1.165, 1.54) is 13.1 Å². The van der Waals surface area contributed by atoms with Crippen molar-refractivity contribution >= 4 is 23.2 Å². The Labute approximate surface area is 200 Å². The average molecular weight is 482 g/mol. The molecule has 6 rings (SSSR count). The molecule has 2 aliphatic heterocycles. The summed E-state index contributed by atoms with van der Waals surface area (Å²) in [6.07, 6.45) is 5.20. The van der Waals surface area contributed by atoms with Crippen LogP contribution in [0.4, 0.5) is 26.1 Å². The van der Waals surface area contributed by atoms with E-state index in [1.807, 2.05) is 13.0 Å². The Bertz CT molecular complexity index is 1240. The Hall–Kier alpha value is -3.57. The molecule has 1 saturated carbocycles. The first kappa shape index (κ1) is 23.2. The summed E-state index contributed by atoms with van der Waals surface area (Å²) >= 11 is 0. The van der Waals surface area contributed by atoms with Crippen molar-refractivity contribution in [2.24, 2.45) is 0 Å². The number of aromatic nitrogens is 4. The lowest BCUT2D eigenvalue weighted by molar-refractivity contribution is -0.137. The lowest BCUT2D eigenvalue weighted by Crippen LogP contribution is -2.39. The quantitative estimate of drug-likeness (QED) is 0.493. The van der Waals surface area contributed by atoms with Crippen LogP contribution in [0, 0.1) is 6.92 Å². The van der Waals surface area contributed by atoms with Crippen LogP contribution in [0.2, 0.25) is 0 Å². The fourth-order valence-corrected chi connectivity index (χ4v) is 4.42. The van der Waals surface area contributed by atoms with Crippen LogP contribution < -0.4 is 10.6 Å². The third-order valence-corrected chi connectivity index (χ3v) is 6.11.